The summed E-state index contributed by atoms with van der Waals surface area (Å²) in [6.07, 6.45) is 1.54. The van der Waals surface area contributed by atoms with Crippen LogP contribution in [-0.2, 0) is 11.4 Å². The molecule has 0 fully saturated rings. The van der Waals surface area contributed by atoms with Crippen LogP contribution in [0.4, 0.5) is 0 Å². The van der Waals surface area contributed by atoms with Crippen molar-refractivity contribution in [2.24, 2.45) is 0 Å². The number of hydrogen-bond acceptors (Lipinski definition) is 3. The van der Waals surface area contributed by atoms with Crippen LogP contribution in [0.25, 0.3) is 6.08 Å². The number of nitriles is 1. The van der Waals surface area contributed by atoms with Gasteiger partial charge in [0.05, 0.1) is 20.6 Å². The number of carbonyl (C=O) groups is 1. The maximum Gasteiger partial charge on any atom is 0.262 e. The molecule has 32 heavy (non-hydrogen) atoms. The molecule has 0 saturated carbocycles. The van der Waals surface area contributed by atoms with Crippen molar-refractivity contribution in [2.75, 3.05) is 0 Å². The lowest BCUT2D eigenvalue weighted by atomic mass is 10.1. The Morgan fingerprint density at radius 1 is 1.12 bits per heavy atom. The topological polar surface area (TPSA) is 62.1 Å². The van der Waals surface area contributed by atoms with E-state index >= 15 is 0 Å². The highest BCUT2D eigenvalue weighted by molar-refractivity contribution is 9.10. The Labute approximate surface area is 205 Å². The predicted octanol–water partition coefficient (Wildman–Crippen LogP) is 7.12. The Kier molecular flexibility index (Phi) is 8.35. The van der Waals surface area contributed by atoms with Gasteiger partial charge in [0.1, 0.15) is 24.0 Å². The monoisotopic (exact) mass is 528 g/mol. The first-order chi connectivity index (χ1) is 15.4. The molecule has 162 valence electrons. The van der Waals surface area contributed by atoms with Gasteiger partial charge in [-0.25, -0.2) is 0 Å². The molecule has 3 rings (SSSR count). The van der Waals surface area contributed by atoms with E-state index in [2.05, 4.69) is 21.2 Å². The van der Waals surface area contributed by atoms with Gasteiger partial charge in [0.2, 0.25) is 0 Å². The van der Waals surface area contributed by atoms with Crippen LogP contribution in [0.2, 0.25) is 10.0 Å². The largest absolute Gasteiger partial charge is 0.488 e. The fourth-order valence-electron chi connectivity index (χ4n) is 2.93. The second-order valence-electron chi connectivity index (χ2n) is 7.00. The van der Waals surface area contributed by atoms with Crippen molar-refractivity contribution in [3.63, 3.8) is 0 Å². The van der Waals surface area contributed by atoms with Gasteiger partial charge in [-0.3, -0.25) is 4.79 Å². The van der Waals surface area contributed by atoms with Crippen LogP contribution in [0.1, 0.15) is 29.7 Å². The molecule has 0 bridgehead atoms. The lowest BCUT2D eigenvalue weighted by Gasteiger charge is -2.14. The third-order valence-corrected chi connectivity index (χ3v) is 6.02. The molecule has 3 aromatic rings. The minimum absolute atomic E-state index is 0.0177. The van der Waals surface area contributed by atoms with Gasteiger partial charge in [0.15, 0.2) is 0 Å². The second kappa shape index (κ2) is 11.2. The summed E-state index contributed by atoms with van der Waals surface area (Å²) >= 11 is 15.5. The Bertz CT molecular complexity index is 1190. The van der Waals surface area contributed by atoms with Gasteiger partial charge in [-0.05, 0) is 69.9 Å². The van der Waals surface area contributed by atoms with Crippen molar-refractivity contribution in [3.05, 3.63) is 104 Å². The number of rotatable bonds is 7. The van der Waals surface area contributed by atoms with Crippen molar-refractivity contribution in [1.82, 2.24) is 5.32 Å². The molecule has 0 unspecified atom stereocenters. The van der Waals surface area contributed by atoms with Gasteiger partial charge >= 0.3 is 0 Å². The minimum Gasteiger partial charge on any atom is -0.488 e. The molecule has 4 nitrogen and oxygen atoms in total. The Morgan fingerprint density at radius 3 is 2.53 bits per heavy atom. The van der Waals surface area contributed by atoms with Gasteiger partial charge in [-0.2, -0.15) is 5.26 Å². The summed E-state index contributed by atoms with van der Waals surface area (Å²) in [4.78, 5) is 12.6. The Morgan fingerprint density at radius 2 is 1.88 bits per heavy atom. The summed E-state index contributed by atoms with van der Waals surface area (Å²) in [6, 6.07) is 22.0. The van der Waals surface area contributed by atoms with Gasteiger partial charge in [-0.1, -0.05) is 65.7 Å². The maximum absolute atomic E-state index is 12.6. The van der Waals surface area contributed by atoms with Crippen molar-refractivity contribution in [3.8, 4) is 11.8 Å². The van der Waals surface area contributed by atoms with E-state index in [4.69, 9.17) is 27.9 Å². The SMILES string of the molecule is C[C@@H](NC(=O)/C(C#N)=C\c1ccc(OCc2ccc(Cl)c(Cl)c2)c(Br)c1)c1ccccc1. The fraction of sp³-hybridized carbons (Fsp3) is 0.120. The molecule has 0 heterocycles. The zero-order valence-electron chi connectivity index (χ0n) is 17.1. The van der Waals surface area contributed by atoms with Gasteiger partial charge in [0, 0.05) is 0 Å². The minimum atomic E-state index is -0.431. The summed E-state index contributed by atoms with van der Waals surface area (Å²) < 4.78 is 6.54. The second-order valence-corrected chi connectivity index (χ2v) is 8.67. The zero-order chi connectivity index (χ0) is 23.1. The molecule has 1 N–H and O–H groups in total. The van der Waals surface area contributed by atoms with Crippen LogP contribution in [0.3, 0.4) is 0 Å². The highest BCUT2D eigenvalue weighted by Gasteiger charge is 2.14. The molecule has 0 saturated heterocycles. The first kappa shape index (κ1) is 23.9. The van der Waals surface area contributed by atoms with Crippen LogP contribution >= 0.6 is 39.1 Å². The summed E-state index contributed by atoms with van der Waals surface area (Å²) in [5.74, 6) is 0.189. The normalized spacial score (nSPS) is 12.0. The molecule has 0 aliphatic heterocycles. The summed E-state index contributed by atoms with van der Waals surface area (Å²) in [6.45, 7) is 2.19. The third-order valence-electron chi connectivity index (χ3n) is 4.66. The van der Waals surface area contributed by atoms with E-state index in [1.54, 1.807) is 36.4 Å². The predicted molar refractivity (Wildman–Crippen MR) is 132 cm³/mol. The lowest BCUT2D eigenvalue weighted by Crippen LogP contribution is -2.27. The average molecular weight is 530 g/mol. The number of hydrogen-bond donors (Lipinski definition) is 1. The zero-order valence-corrected chi connectivity index (χ0v) is 20.2. The molecule has 3 aromatic carbocycles. The van der Waals surface area contributed by atoms with Crippen molar-refractivity contribution >= 4 is 51.1 Å². The van der Waals surface area contributed by atoms with Crippen LogP contribution < -0.4 is 10.1 Å². The summed E-state index contributed by atoms with van der Waals surface area (Å²) in [5, 5.41) is 13.3. The molecule has 1 amide bonds. The molecule has 7 heteroatoms. The summed E-state index contributed by atoms with van der Waals surface area (Å²) in [7, 11) is 0. The van der Waals surface area contributed by atoms with E-state index in [0.717, 1.165) is 11.1 Å². The standard InChI is InChI=1S/C25H19BrCl2N2O2/c1-16(19-5-3-2-4-6-19)30-25(31)20(14-29)11-17-8-10-24(21(26)12-17)32-15-18-7-9-22(27)23(28)13-18/h2-13,16H,15H2,1H3,(H,30,31)/b20-11-/t16-/m1/s1. The number of carbonyl (C=O) groups excluding carboxylic acids is 1. The van der Waals surface area contributed by atoms with E-state index in [1.807, 2.05) is 49.4 Å². The van der Waals surface area contributed by atoms with Crippen molar-refractivity contribution < 1.29 is 9.53 Å². The molecule has 0 radical (unpaired) electrons. The number of halogens is 3. The lowest BCUT2D eigenvalue weighted by molar-refractivity contribution is -0.117. The molecule has 0 spiro atoms. The van der Waals surface area contributed by atoms with Gasteiger partial charge in [-0.15, -0.1) is 0 Å². The van der Waals surface area contributed by atoms with Gasteiger partial charge in [0.25, 0.3) is 5.91 Å². The maximum atomic E-state index is 12.6. The van der Waals surface area contributed by atoms with E-state index in [1.165, 1.54) is 0 Å². The van der Waals surface area contributed by atoms with Crippen LogP contribution in [-0.4, -0.2) is 5.91 Å². The molecule has 0 aliphatic rings. The molecular formula is C25H19BrCl2N2O2. The Balaban J connectivity index is 1.68. The quantitative estimate of drug-likeness (QED) is 0.262. The summed E-state index contributed by atoms with van der Waals surface area (Å²) in [5.41, 5.74) is 2.55. The smallest absolute Gasteiger partial charge is 0.262 e. The van der Waals surface area contributed by atoms with Crippen LogP contribution in [0.15, 0.2) is 76.8 Å². The molecule has 1 atom stereocenters. The van der Waals surface area contributed by atoms with Gasteiger partial charge < -0.3 is 10.1 Å². The third kappa shape index (κ3) is 6.37. The highest BCUT2D eigenvalue weighted by Crippen LogP contribution is 2.29. The Hall–Kier alpha value is -2.78. The van der Waals surface area contributed by atoms with E-state index in [9.17, 15) is 10.1 Å². The van der Waals surface area contributed by atoms with E-state index < -0.39 is 5.91 Å². The van der Waals surface area contributed by atoms with Crippen molar-refractivity contribution in [1.29, 1.82) is 5.26 Å². The number of nitrogens with one attached hydrogen (secondary N) is 1. The number of benzene rings is 3. The van der Waals surface area contributed by atoms with E-state index in [0.29, 0.717) is 32.4 Å². The number of amides is 1. The molecule has 0 aromatic heterocycles. The molecule has 0 aliphatic carbocycles. The average Bonchev–Trinajstić information content (AvgIpc) is 2.79. The first-order valence-corrected chi connectivity index (χ1v) is 11.3. The highest BCUT2D eigenvalue weighted by atomic mass is 79.9. The number of nitrogens with zero attached hydrogens (tertiary/aromatic N) is 1. The van der Waals surface area contributed by atoms with Crippen LogP contribution in [0.5, 0.6) is 5.75 Å². The van der Waals surface area contributed by atoms with Crippen LogP contribution in [0, 0.1) is 11.3 Å². The first-order valence-electron chi connectivity index (χ1n) is 9.71. The fourth-order valence-corrected chi connectivity index (χ4v) is 3.76. The van der Waals surface area contributed by atoms with Crippen molar-refractivity contribution in [2.45, 2.75) is 19.6 Å². The molecular weight excluding hydrogens is 511 g/mol. The van der Waals surface area contributed by atoms with E-state index in [-0.39, 0.29) is 11.6 Å². The number of ether oxygens (including phenoxy) is 1.